The Bertz CT molecular complexity index is 685. The molecule has 0 aromatic heterocycles. The lowest BCUT2D eigenvalue weighted by Gasteiger charge is -2.38. The molecule has 0 aliphatic heterocycles. The van der Waals surface area contributed by atoms with Gasteiger partial charge in [0.1, 0.15) is 0 Å². The molecule has 4 heteroatoms. The van der Waals surface area contributed by atoms with Gasteiger partial charge in [0, 0.05) is 10.6 Å². The van der Waals surface area contributed by atoms with Gasteiger partial charge in [-0.15, -0.1) is 6.58 Å². The molecule has 2 N–H and O–H groups in total. The van der Waals surface area contributed by atoms with E-state index < -0.39 is 5.54 Å². The van der Waals surface area contributed by atoms with E-state index in [9.17, 15) is 4.79 Å². The number of nitrogens with one attached hydrogen (secondary N) is 2. The smallest absolute Gasteiger partial charge is 0.265 e. The topological polar surface area (TPSA) is 41.1 Å². The Kier molecular flexibility index (Phi) is 6.18. The van der Waals surface area contributed by atoms with Crippen molar-refractivity contribution in [1.29, 1.82) is 0 Å². The maximum atomic E-state index is 12.4. The van der Waals surface area contributed by atoms with Crippen molar-refractivity contribution < 1.29 is 4.79 Å². The highest BCUT2D eigenvalue weighted by atomic mass is 35.5. The van der Waals surface area contributed by atoms with E-state index in [1.54, 1.807) is 12.1 Å². The summed E-state index contributed by atoms with van der Waals surface area (Å²) in [4.78, 5) is 12.4. The summed E-state index contributed by atoms with van der Waals surface area (Å²) in [6, 6.07) is 16.8. The highest BCUT2D eigenvalue weighted by Gasteiger charge is 2.35. The number of amides is 1. The average Bonchev–Trinajstić information content (AvgIpc) is 2.63. The molecule has 24 heavy (non-hydrogen) atoms. The second kappa shape index (κ2) is 8.13. The maximum Gasteiger partial charge on any atom is 0.265 e. The SMILES string of the molecule is C=C[C@H](C)[C@@](CC)(NNC(=O)c1ccccc1)c1ccc(Cl)cc1. The van der Waals surface area contributed by atoms with Crippen molar-refractivity contribution >= 4 is 17.5 Å². The fourth-order valence-electron chi connectivity index (χ4n) is 2.84. The molecule has 1 amide bonds. The molecule has 2 aromatic carbocycles. The highest BCUT2D eigenvalue weighted by molar-refractivity contribution is 6.30. The number of carbonyl (C=O) groups excluding carboxylic acids is 1. The summed E-state index contributed by atoms with van der Waals surface area (Å²) >= 11 is 6.02. The van der Waals surface area contributed by atoms with Crippen molar-refractivity contribution in [3.8, 4) is 0 Å². The van der Waals surface area contributed by atoms with Gasteiger partial charge < -0.3 is 0 Å². The molecule has 2 aromatic rings. The van der Waals surface area contributed by atoms with Crippen LogP contribution in [0.15, 0.2) is 67.3 Å². The first-order valence-electron chi connectivity index (χ1n) is 8.04. The second-order valence-corrected chi connectivity index (χ2v) is 6.24. The minimum Gasteiger partial charge on any atom is -0.287 e. The molecule has 0 heterocycles. The molecule has 0 fully saturated rings. The van der Waals surface area contributed by atoms with Crippen molar-refractivity contribution in [1.82, 2.24) is 10.9 Å². The quantitative estimate of drug-likeness (QED) is 0.565. The molecule has 0 unspecified atom stereocenters. The highest BCUT2D eigenvalue weighted by Crippen LogP contribution is 2.34. The van der Waals surface area contributed by atoms with E-state index in [1.165, 1.54) is 0 Å². The number of hydrazine groups is 1. The van der Waals surface area contributed by atoms with Crippen LogP contribution in [0.5, 0.6) is 0 Å². The Morgan fingerprint density at radius 1 is 1.21 bits per heavy atom. The Labute approximate surface area is 148 Å². The summed E-state index contributed by atoms with van der Waals surface area (Å²) in [7, 11) is 0. The normalized spacial score (nSPS) is 14.5. The van der Waals surface area contributed by atoms with Gasteiger partial charge >= 0.3 is 0 Å². The summed E-state index contributed by atoms with van der Waals surface area (Å²) in [6.07, 6.45) is 2.66. The van der Waals surface area contributed by atoms with E-state index >= 15 is 0 Å². The average molecular weight is 343 g/mol. The first-order chi connectivity index (χ1) is 11.5. The molecular formula is C20H23ClN2O. The molecular weight excluding hydrogens is 320 g/mol. The van der Waals surface area contributed by atoms with Crippen molar-refractivity contribution in [2.24, 2.45) is 5.92 Å². The Morgan fingerprint density at radius 3 is 2.38 bits per heavy atom. The van der Waals surface area contributed by atoms with Crippen LogP contribution in [0.1, 0.15) is 36.2 Å². The van der Waals surface area contributed by atoms with Crippen LogP contribution < -0.4 is 10.9 Å². The standard InChI is InChI=1S/C20H23ClN2O/c1-4-15(3)20(5-2,17-11-13-18(21)14-12-17)23-22-19(24)16-9-7-6-8-10-16/h4,6-15,23H,1,5H2,2-3H3,(H,22,24)/t15-,20+/m0/s1. The monoisotopic (exact) mass is 342 g/mol. The molecule has 0 bridgehead atoms. The third kappa shape index (κ3) is 3.86. The van der Waals surface area contributed by atoms with Gasteiger partial charge in [-0.25, -0.2) is 5.43 Å². The van der Waals surface area contributed by atoms with Crippen molar-refractivity contribution in [3.63, 3.8) is 0 Å². The molecule has 126 valence electrons. The van der Waals surface area contributed by atoms with E-state index in [-0.39, 0.29) is 11.8 Å². The van der Waals surface area contributed by atoms with Gasteiger partial charge in [0.15, 0.2) is 0 Å². The summed E-state index contributed by atoms with van der Waals surface area (Å²) in [5.74, 6) is -0.0709. The summed E-state index contributed by atoms with van der Waals surface area (Å²) in [5, 5.41) is 0.684. The minimum atomic E-state index is -0.462. The fourth-order valence-corrected chi connectivity index (χ4v) is 2.97. The van der Waals surface area contributed by atoms with E-state index in [0.717, 1.165) is 12.0 Å². The second-order valence-electron chi connectivity index (χ2n) is 5.80. The van der Waals surface area contributed by atoms with Gasteiger partial charge in [0.2, 0.25) is 0 Å². The Morgan fingerprint density at radius 2 is 1.83 bits per heavy atom. The van der Waals surface area contributed by atoms with E-state index in [2.05, 4.69) is 31.3 Å². The molecule has 0 saturated carbocycles. The van der Waals surface area contributed by atoms with Crippen LogP contribution >= 0.6 is 11.6 Å². The van der Waals surface area contributed by atoms with Crippen molar-refractivity contribution in [2.45, 2.75) is 25.8 Å². The maximum absolute atomic E-state index is 12.4. The molecule has 0 saturated heterocycles. The van der Waals surface area contributed by atoms with Gasteiger partial charge in [0.25, 0.3) is 5.91 Å². The Hall–Kier alpha value is -2.10. The minimum absolute atomic E-state index is 0.0970. The predicted octanol–water partition coefficient (Wildman–Crippen LogP) is 4.70. The largest absolute Gasteiger partial charge is 0.287 e. The van der Waals surface area contributed by atoms with E-state index in [1.807, 2.05) is 48.5 Å². The molecule has 0 radical (unpaired) electrons. The summed E-state index contributed by atoms with van der Waals surface area (Å²) in [5.41, 5.74) is 7.30. The third-order valence-corrected chi connectivity index (χ3v) is 4.73. The zero-order valence-corrected chi connectivity index (χ0v) is 14.8. The zero-order chi connectivity index (χ0) is 17.6. The number of hydrogen-bond donors (Lipinski definition) is 2. The number of halogens is 1. The predicted molar refractivity (Wildman–Crippen MR) is 99.8 cm³/mol. The first kappa shape index (κ1) is 18.2. The zero-order valence-electron chi connectivity index (χ0n) is 14.1. The number of rotatable bonds is 7. The molecule has 0 aliphatic rings. The number of carbonyl (C=O) groups is 1. The van der Waals surface area contributed by atoms with Crippen LogP contribution in [0.4, 0.5) is 0 Å². The Balaban J connectivity index is 2.28. The van der Waals surface area contributed by atoms with Gasteiger partial charge in [-0.2, -0.15) is 0 Å². The molecule has 2 rings (SSSR count). The van der Waals surface area contributed by atoms with Gasteiger partial charge in [-0.05, 0) is 42.2 Å². The molecule has 0 spiro atoms. The lowest BCUT2D eigenvalue weighted by Crippen LogP contribution is -2.55. The lowest BCUT2D eigenvalue weighted by molar-refractivity contribution is 0.0883. The third-order valence-electron chi connectivity index (χ3n) is 4.48. The van der Waals surface area contributed by atoms with E-state index in [4.69, 9.17) is 11.6 Å². The summed E-state index contributed by atoms with van der Waals surface area (Å²) in [6.45, 7) is 8.08. The first-order valence-corrected chi connectivity index (χ1v) is 8.42. The van der Waals surface area contributed by atoms with Crippen LogP contribution in [0, 0.1) is 5.92 Å². The van der Waals surface area contributed by atoms with Crippen LogP contribution in [0.2, 0.25) is 5.02 Å². The number of hydrogen-bond acceptors (Lipinski definition) is 2. The summed E-state index contributed by atoms with van der Waals surface area (Å²) < 4.78 is 0. The van der Waals surface area contributed by atoms with Crippen LogP contribution in [0.3, 0.4) is 0 Å². The van der Waals surface area contributed by atoms with Gasteiger partial charge in [-0.3, -0.25) is 10.2 Å². The van der Waals surface area contributed by atoms with Crippen LogP contribution in [0.25, 0.3) is 0 Å². The molecule has 2 atom stereocenters. The van der Waals surface area contributed by atoms with E-state index in [0.29, 0.717) is 10.6 Å². The van der Waals surface area contributed by atoms with Crippen LogP contribution in [-0.4, -0.2) is 5.91 Å². The number of benzene rings is 2. The van der Waals surface area contributed by atoms with Gasteiger partial charge in [0.05, 0.1) is 5.54 Å². The fraction of sp³-hybridized carbons (Fsp3) is 0.250. The molecule has 0 aliphatic carbocycles. The van der Waals surface area contributed by atoms with Gasteiger partial charge in [-0.1, -0.05) is 61.9 Å². The van der Waals surface area contributed by atoms with Crippen molar-refractivity contribution in [3.05, 3.63) is 83.4 Å². The molecule has 3 nitrogen and oxygen atoms in total. The lowest BCUT2D eigenvalue weighted by atomic mass is 9.77. The van der Waals surface area contributed by atoms with Crippen LogP contribution in [-0.2, 0) is 5.54 Å². The van der Waals surface area contributed by atoms with Crippen molar-refractivity contribution in [2.75, 3.05) is 0 Å².